The zero-order chi connectivity index (χ0) is 16.8. The van der Waals surface area contributed by atoms with E-state index in [0.717, 1.165) is 11.1 Å². The van der Waals surface area contributed by atoms with Crippen LogP contribution in [-0.2, 0) is 0 Å². The van der Waals surface area contributed by atoms with Gasteiger partial charge in [-0.25, -0.2) is 8.63 Å². The molecule has 0 unspecified atom stereocenters. The van der Waals surface area contributed by atoms with Gasteiger partial charge in [0.05, 0.1) is 12.7 Å². The Morgan fingerprint density at radius 3 is 2.43 bits per heavy atom. The highest BCUT2D eigenvalue weighted by atomic mass is 19.2. The van der Waals surface area contributed by atoms with Crippen molar-refractivity contribution in [2.45, 2.75) is 6.92 Å². The van der Waals surface area contributed by atoms with E-state index in [1.165, 1.54) is 18.2 Å². The first-order valence-electron chi connectivity index (χ1n) is 6.91. The lowest BCUT2D eigenvalue weighted by Gasteiger charge is -2.08. The van der Waals surface area contributed by atoms with Gasteiger partial charge in [0, 0.05) is 0 Å². The van der Waals surface area contributed by atoms with Crippen molar-refractivity contribution in [3.8, 4) is 11.5 Å². The minimum atomic E-state index is -2.98. The molecule has 0 bridgehead atoms. The average molecular weight is 316 g/mol. The second-order valence-corrected chi connectivity index (χ2v) is 4.85. The van der Waals surface area contributed by atoms with E-state index in [0.29, 0.717) is 5.75 Å². The van der Waals surface area contributed by atoms with Crippen molar-refractivity contribution in [2.75, 3.05) is 7.11 Å². The van der Waals surface area contributed by atoms with E-state index in [9.17, 15) is 13.4 Å². The van der Waals surface area contributed by atoms with Crippen LogP contribution in [0.2, 0.25) is 0 Å². The molecule has 23 heavy (non-hydrogen) atoms. The second-order valence-electron chi connectivity index (χ2n) is 4.85. The number of methoxy groups -OCH3 is 1. The number of benzene rings is 2. The first-order valence-corrected chi connectivity index (χ1v) is 6.91. The summed E-state index contributed by atoms with van der Waals surface area (Å²) in [6.07, 6.45) is 2.94. The van der Waals surface area contributed by atoms with Gasteiger partial charge in [-0.2, -0.15) is 0 Å². The van der Waals surface area contributed by atoms with E-state index in [2.05, 4.69) is 4.65 Å². The summed E-state index contributed by atoms with van der Waals surface area (Å²) >= 11 is 0. The van der Waals surface area contributed by atoms with Gasteiger partial charge < -0.3 is 9.39 Å². The van der Waals surface area contributed by atoms with Crippen LogP contribution in [0.1, 0.15) is 21.5 Å². The summed E-state index contributed by atoms with van der Waals surface area (Å²) in [7, 11) is -1.41. The minimum absolute atomic E-state index is 0.107. The Balaban J connectivity index is 2.22. The molecule has 0 aliphatic rings. The Labute approximate surface area is 133 Å². The van der Waals surface area contributed by atoms with Crippen LogP contribution in [0, 0.1) is 6.92 Å². The normalized spacial score (nSPS) is 10.6. The first kappa shape index (κ1) is 16.7. The quantitative estimate of drug-likeness (QED) is 0.455. The maximum absolute atomic E-state index is 12.4. The summed E-state index contributed by atoms with van der Waals surface area (Å²) < 4.78 is 34.3. The van der Waals surface area contributed by atoms with Gasteiger partial charge in [-0.15, -0.1) is 0 Å². The molecule has 118 valence electrons. The van der Waals surface area contributed by atoms with Crippen molar-refractivity contribution in [1.82, 2.24) is 0 Å². The predicted molar refractivity (Wildman–Crippen MR) is 86.1 cm³/mol. The number of rotatable bonds is 6. The SMILES string of the molecule is COc1ccc(/C=C/C(=O)c2cc(C)ccc2OB(F)F)cc1. The third-order valence-corrected chi connectivity index (χ3v) is 3.16. The number of hydrogen-bond donors (Lipinski definition) is 0. The lowest BCUT2D eigenvalue weighted by Crippen LogP contribution is -2.11. The predicted octanol–water partition coefficient (Wildman–Crippen LogP) is 4.20. The highest BCUT2D eigenvalue weighted by Crippen LogP contribution is 2.22. The van der Waals surface area contributed by atoms with Gasteiger partial charge in [0.2, 0.25) is 0 Å². The van der Waals surface area contributed by atoms with E-state index in [-0.39, 0.29) is 11.3 Å². The van der Waals surface area contributed by atoms with Crippen LogP contribution in [0.5, 0.6) is 11.5 Å². The van der Waals surface area contributed by atoms with Crippen molar-refractivity contribution < 1.29 is 22.8 Å². The van der Waals surface area contributed by atoms with E-state index < -0.39 is 13.3 Å². The van der Waals surface area contributed by atoms with Crippen molar-refractivity contribution in [3.63, 3.8) is 0 Å². The lowest BCUT2D eigenvalue weighted by atomic mass is 10.0. The van der Waals surface area contributed by atoms with Gasteiger partial charge in [0.25, 0.3) is 0 Å². The zero-order valence-corrected chi connectivity index (χ0v) is 12.8. The van der Waals surface area contributed by atoms with Crippen molar-refractivity contribution in [3.05, 3.63) is 65.2 Å². The molecular weight excluding hydrogens is 301 g/mol. The fourth-order valence-electron chi connectivity index (χ4n) is 2.01. The lowest BCUT2D eigenvalue weighted by molar-refractivity contribution is 0.104. The molecule has 0 spiro atoms. The highest BCUT2D eigenvalue weighted by Gasteiger charge is 2.21. The smallest absolute Gasteiger partial charge is 0.505 e. The molecule has 0 aliphatic carbocycles. The molecule has 0 fully saturated rings. The molecule has 0 heterocycles. The second kappa shape index (κ2) is 7.58. The molecule has 2 rings (SSSR count). The number of ether oxygens (including phenoxy) is 1. The summed E-state index contributed by atoms with van der Waals surface area (Å²) in [5, 5.41) is 0. The molecule has 0 N–H and O–H groups in total. The molecule has 0 saturated carbocycles. The van der Waals surface area contributed by atoms with E-state index in [4.69, 9.17) is 4.74 Å². The first-order chi connectivity index (χ1) is 11.0. The Morgan fingerprint density at radius 1 is 1.13 bits per heavy atom. The van der Waals surface area contributed by atoms with Gasteiger partial charge in [-0.05, 0) is 42.8 Å². The number of carbonyl (C=O) groups is 1. The van der Waals surface area contributed by atoms with Crippen molar-refractivity contribution in [1.29, 1.82) is 0 Å². The molecule has 0 aromatic heterocycles. The molecule has 0 atom stereocenters. The third kappa shape index (κ3) is 4.67. The standard InChI is InChI=1S/C17H15BF2O3/c1-12-3-10-17(23-18(19)20)15(11-12)16(21)9-6-13-4-7-14(22-2)8-5-13/h3-11H,1-2H3/b9-6+. The fourth-order valence-corrected chi connectivity index (χ4v) is 2.01. The molecule has 2 aromatic carbocycles. The van der Waals surface area contributed by atoms with Crippen LogP contribution < -0.4 is 9.39 Å². The average Bonchev–Trinajstić information content (AvgIpc) is 2.54. The number of allylic oxidation sites excluding steroid dienone is 1. The van der Waals surface area contributed by atoms with Crippen LogP contribution in [-0.4, -0.2) is 20.4 Å². The van der Waals surface area contributed by atoms with Gasteiger partial charge >= 0.3 is 7.47 Å². The Bertz CT molecular complexity index is 712. The fraction of sp³-hybridized carbons (Fsp3) is 0.118. The van der Waals surface area contributed by atoms with Crippen LogP contribution >= 0.6 is 0 Å². The molecule has 0 radical (unpaired) electrons. The third-order valence-electron chi connectivity index (χ3n) is 3.16. The summed E-state index contributed by atoms with van der Waals surface area (Å²) in [6.45, 7) is 1.77. The van der Waals surface area contributed by atoms with Gasteiger partial charge in [-0.3, -0.25) is 4.79 Å². The molecule has 0 saturated heterocycles. The summed E-state index contributed by atoms with van der Waals surface area (Å²) in [5.41, 5.74) is 1.69. The molecule has 2 aromatic rings. The van der Waals surface area contributed by atoms with Crippen molar-refractivity contribution in [2.24, 2.45) is 0 Å². The molecule has 0 amide bonds. The Hall–Kier alpha value is -2.63. The minimum Gasteiger partial charge on any atom is -0.505 e. The summed E-state index contributed by atoms with van der Waals surface area (Å²) in [4.78, 5) is 12.3. The van der Waals surface area contributed by atoms with Gasteiger partial charge in [0.1, 0.15) is 11.5 Å². The number of aryl methyl sites for hydroxylation is 1. The number of halogens is 2. The topological polar surface area (TPSA) is 35.5 Å². The molecule has 6 heteroatoms. The van der Waals surface area contributed by atoms with Gasteiger partial charge in [0.15, 0.2) is 5.78 Å². The van der Waals surface area contributed by atoms with Crippen LogP contribution in [0.3, 0.4) is 0 Å². The van der Waals surface area contributed by atoms with E-state index >= 15 is 0 Å². The van der Waals surface area contributed by atoms with Gasteiger partial charge in [-0.1, -0.05) is 29.8 Å². The molecule has 3 nitrogen and oxygen atoms in total. The molecular formula is C17H15BF2O3. The van der Waals surface area contributed by atoms with E-state index in [1.807, 2.05) is 0 Å². The molecule has 0 aliphatic heterocycles. The van der Waals surface area contributed by atoms with E-state index in [1.54, 1.807) is 50.4 Å². The maximum atomic E-state index is 12.4. The largest absolute Gasteiger partial charge is 0.796 e. The number of ketones is 1. The van der Waals surface area contributed by atoms with Crippen LogP contribution in [0.15, 0.2) is 48.5 Å². The monoisotopic (exact) mass is 316 g/mol. The zero-order valence-electron chi connectivity index (χ0n) is 12.8. The summed E-state index contributed by atoms with van der Waals surface area (Å²) in [6, 6.07) is 11.6. The van der Waals surface area contributed by atoms with Crippen LogP contribution in [0.25, 0.3) is 6.08 Å². The Kier molecular flexibility index (Phi) is 5.52. The number of carbonyl (C=O) groups excluding carboxylic acids is 1. The highest BCUT2D eigenvalue weighted by molar-refractivity contribution is 6.35. The Morgan fingerprint density at radius 2 is 1.83 bits per heavy atom. The van der Waals surface area contributed by atoms with Crippen molar-refractivity contribution >= 4 is 19.3 Å². The maximum Gasteiger partial charge on any atom is 0.796 e. The van der Waals surface area contributed by atoms with Crippen LogP contribution in [0.4, 0.5) is 8.63 Å². The number of hydrogen-bond acceptors (Lipinski definition) is 3. The summed E-state index contributed by atoms with van der Waals surface area (Å²) in [5.74, 6) is 0.176.